The summed E-state index contributed by atoms with van der Waals surface area (Å²) in [5.74, 6) is -4.01. The summed E-state index contributed by atoms with van der Waals surface area (Å²) in [5.41, 5.74) is 0. The molecule has 0 aliphatic rings. The van der Waals surface area contributed by atoms with Gasteiger partial charge in [-0.15, -0.1) is 0 Å². The van der Waals surface area contributed by atoms with Crippen LogP contribution in [0.3, 0.4) is 0 Å². The maximum atomic E-state index is 10.3. The topological polar surface area (TPSA) is 94.8 Å². The molecule has 0 aliphatic heterocycles. The molecule has 0 saturated carbocycles. The lowest BCUT2D eigenvalue weighted by Crippen LogP contribution is -2.34. The second kappa shape index (κ2) is 3.92. The minimum absolute atomic E-state index is 0.100. The van der Waals surface area contributed by atoms with E-state index >= 15 is 0 Å². The zero-order valence-electron chi connectivity index (χ0n) is 6.02. The second-order valence-electron chi connectivity index (χ2n) is 2.14. The van der Waals surface area contributed by atoms with Crippen LogP contribution < -0.4 is 0 Å². The fourth-order valence-corrected chi connectivity index (χ4v) is 0.705. The normalized spacial score (nSPS) is 15.5. The highest BCUT2D eigenvalue weighted by atomic mass is 16.4. The van der Waals surface area contributed by atoms with E-state index in [9.17, 15) is 9.59 Å². The highest BCUT2D eigenvalue weighted by Gasteiger charge is 2.29. The van der Waals surface area contributed by atoms with E-state index in [0.29, 0.717) is 0 Å². The van der Waals surface area contributed by atoms with Crippen molar-refractivity contribution in [2.75, 3.05) is 0 Å². The fourth-order valence-electron chi connectivity index (χ4n) is 0.705. The smallest absolute Gasteiger partial charge is 0.333 e. The van der Waals surface area contributed by atoms with Crippen molar-refractivity contribution in [2.45, 2.75) is 19.4 Å². The Morgan fingerprint density at radius 1 is 1.27 bits per heavy atom. The Morgan fingerprint density at radius 3 is 1.82 bits per heavy atom. The molecule has 0 radical (unpaired) electrons. The SMILES string of the molecule is CCC(C(=O)O)C(O)C(=O)O. The molecule has 0 aromatic heterocycles. The predicted molar refractivity (Wildman–Crippen MR) is 35.1 cm³/mol. The van der Waals surface area contributed by atoms with E-state index in [0.717, 1.165) is 0 Å². The van der Waals surface area contributed by atoms with Gasteiger partial charge >= 0.3 is 11.9 Å². The Bertz CT molecular complexity index is 164. The standard InChI is InChI=1S/C6H10O5/c1-2-3(5(8)9)4(7)6(10)11/h3-4,7H,2H2,1H3,(H,8,9)(H,10,11). The number of aliphatic carboxylic acids is 2. The van der Waals surface area contributed by atoms with Crippen molar-refractivity contribution in [3.05, 3.63) is 0 Å². The van der Waals surface area contributed by atoms with Gasteiger partial charge in [0, 0.05) is 0 Å². The number of hydrogen-bond acceptors (Lipinski definition) is 3. The lowest BCUT2D eigenvalue weighted by molar-refractivity contribution is -0.159. The first-order valence-electron chi connectivity index (χ1n) is 3.14. The summed E-state index contributed by atoms with van der Waals surface area (Å²) < 4.78 is 0. The molecular weight excluding hydrogens is 152 g/mol. The predicted octanol–water partition coefficient (Wildman–Crippen LogP) is -0.457. The van der Waals surface area contributed by atoms with Crippen molar-refractivity contribution >= 4 is 11.9 Å². The van der Waals surface area contributed by atoms with E-state index in [1.165, 1.54) is 6.92 Å². The Hall–Kier alpha value is -1.10. The number of rotatable bonds is 4. The van der Waals surface area contributed by atoms with Gasteiger partial charge in [0.15, 0.2) is 6.10 Å². The van der Waals surface area contributed by atoms with Crippen molar-refractivity contribution < 1.29 is 24.9 Å². The third kappa shape index (κ3) is 2.55. The van der Waals surface area contributed by atoms with Gasteiger partial charge in [-0.05, 0) is 6.42 Å². The van der Waals surface area contributed by atoms with Crippen LogP contribution in [-0.2, 0) is 9.59 Å². The Labute approximate surface area is 63.3 Å². The summed E-state index contributed by atoms with van der Waals surface area (Å²) in [6.07, 6.45) is -1.71. The van der Waals surface area contributed by atoms with Gasteiger partial charge in [-0.1, -0.05) is 6.92 Å². The molecule has 0 aromatic rings. The molecule has 5 heteroatoms. The Balaban J connectivity index is 4.25. The molecule has 2 unspecified atom stereocenters. The second-order valence-corrected chi connectivity index (χ2v) is 2.14. The highest BCUT2D eigenvalue weighted by molar-refractivity contribution is 5.81. The maximum Gasteiger partial charge on any atom is 0.333 e. The third-order valence-electron chi connectivity index (χ3n) is 1.39. The van der Waals surface area contributed by atoms with Crippen LogP contribution in [0.2, 0.25) is 0 Å². The molecule has 0 heterocycles. The zero-order valence-corrected chi connectivity index (χ0v) is 6.02. The van der Waals surface area contributed by atoms with E-state index in [4.69, 9.17) is 15.3 Å². The van der Waals surface area contributed by atoms with Crippen LogP contribution in [0.15, 0.2) is 0 Å². The third-order valence-corrected chi connectivity index (χ3v) is 1.39. The molecule has 5 nitrogen and oxygen atoms in total. The van der Waals surface area contributed by atoms with Gasteiger partial charge in [0.1, 0.15) is 0 Å². The van der Waals surface area contributed by atoms with Gasteiger partial charge in [-0.25, -0.2) is 4.79 Å². The van der Waals surface area contributed by atoms with Crippen molar-refractivity contribution in [2.24, 2.45) is 5.92 Å². The molecule has 11 heavy (non-hydrogen) atoms. The van der Waals surface area contributed by atoms with E-state index in [-0.39, 0.29) is 6.42 Å². The number of hydrogen-bond donors (Lipinski definition) is 3. The fraction of sp³-hybridized carbons (Fsp3) is 0.667. The number of carbonyl (C=O) groups is 2. The Kier molecular flexibility index (Phi) is 3.53. The van der Waals surface area contributed by atoms with Gasteiger partial charge in [-0.3, -0.25) is 4.79 Å². The number of carboxylic acids is 2. The van der Waals surface area contributed by atoms with Crippen LogP contribution >= 0.6 is 0 Å². The number of aliphatic hydroxyl groups is 1. The van der Waals surface area contributed by atoms with E-state index < -0.39 is 24.0 Å². The van der Waals surface area contributed by atoms with Crippen LogP contribution in [0.25, 0.3) is 0 Å². The van der Waals surface area contributed by atoms with Crippen molar-refractivity contribution in [3.8, 4) is 0 Å². The molecule has 64 valence electrons. The molecule has 0 aromatic carbocycles. The summed E-state index contributed by atoms with van der Waals surface area (Å²) in [7, 11) is 0. The first kappa shape index (κ1) is 9.90. The molecule has 0 aliphatic carbocycles. The molecule has 0 amide bonds. The summed E-state index contributed by atoms with van der Waals surface area (Å²) in [4.78, 5) is 20.3. The van der Waals surface area contributed by atoms with Crippen LogP contribution in [0.1, 0.15) is 13.3 Å². The maximum absolute atomic E-state index is 10.3. The minimum Gasteiger partial charge on any atom is -0.481 e. The van der Waals surface area contributed by atoms with Crippen LogP contribution in [-0.4, -0.2) is 33.4 Å². The van der Waals surface area contributed by atoms with Gasteiger partial charge in [-0.2, -0.15) is 0 Å². The van der Waals surface area contributed by atoms with Gasteiger partial charge in [0.05, 0.1) is 5.92 Å². The van der Waals surface area contributed by atoms with Gasteiger partial charge in [0.25, 0.3) is 0 Å². The van der Waals surface area contributed by atoms with Crippen molar-refractivity contribution in [3.63, 3.8) is 0 Å². The average Bonchev–Trinajstić information content (AvgIpc) is 1.88. The molecule has 0 spiro atoms. The number of aliphatic hydroxyl groups excluding tert-OH is 1. The van der Waals surface area contributed by atoms with Gasteiger partial charge < -0.3 is 15.3 Å². The molecule has 3 N–H and O–H groups in total. The summed E-state index contributed by atoms with van der Waals surface area (Å²) in [6.45, 7) is 1.50. The summed E-state index contributed by atoms with van der Waals surface area (Å²) in [6, 6.07) is 0. The molecular formula is C6H10O5. The van der Waals surface area contributed by atoms with Gasteiger partial charge in [0.2, 0.25) is 0 Å². The summed E-state index contributed by atoms with van der Waals surface area (Å²) >= 11 is 0. The number of carboxylic acid groups (broad SMARTS) is 2. The quantitative estimate of drug-likeness (QED) is 0.520. The monoisotopic (exact) mass is 162 g/mol. The largest absolute Gasteiger partial charge is 0.481 e. The molecule has 0 rings (SSSR count). The van der Waals surface area contributed by atoms with Crippen LogP contribution in [0.5, 0.6) is 0 Å². The van der Waals surface area contributed by atoms with Crippen LogP contribution in [0, 0.1) is 5.92 Å². The summed E-state index contributed by atoms with van der Waals surface area (Å²) in [5, 5.41) is 25.4. The zero-order chi connectivity index (χ0) is 9.02. The van der Waals surface area contributed by atoms with Crippen LogP contribution in [0.4, 0.5) is 0 Å². The molecule has 0 saturated heterocycles. The molecule has 0 fully saturated rings. The molecule has 0 bridgehead atoms. The molecule has 2 atom stereocenters. The lowest BCUT2D eigenvalue weighted by Gasteiger charge is -2.12. The highest BCUT2D eigenvalue weighted by Crippen LogP contribution is 2.08. The minimum atomic E-state index is -1.81. The van der Waals surface area contributed by atoms with Crippen molar-refractivity contribution in [1.29, 1.82) is 0 Å². The van der Waals surface area contributed by atoms with E-state index in [1.54, 1.807) is 0 Å². The Morgan fingerprint density at radius 2 is 1.73 bits per heavy atom. The lowest BCUT2D eigenvalue weighted by atomic mass is 10.0. The van der Waals surface area contributed by atoms with E-state index in [1.807, 2.05) is 0 Å². The first-order chi connectivity index (χ1) is 5.00. The average molecular weight is 162 g/mol. The van der Waals surface area contributed by atoms with E-state index in [2.05, 4.69) is 0 Å². The van der Waals surface area contributed by atoms with Crippen molar-refractivity contribution in [1.82, 2.24) is 0 Å². The first-order valence-corrected chi connectivity index (χ1v) is 3.14.